The lowest BCUT2D eigenvalue weighted by Crippen LogP contribution is -2.00. The molecule has 0 aliphatic rings. The van der Waals surface area contributed by atoms with Crippen LogP contribution in [0.4, 0.5) is 5.82 Å². The lowest BCUT2D eigenvalue weighted by atomic mass is 10.2. The minimum atomic E-state index is 0.475. The van der Waals surface area contributed by atoms with Crippen LogP contribution < -0.4 is 14.9 Å². The molecule has 0 fully saturated rings. The molecule has 0 aliphatic heterocycles. The van der Waals surface area contributed by atoms with E-state index in [0.717, 1.165) is 16.5 Å². The Labute approximate surface area is 189 Å². The number of nitrogens with one attached hydrogen (secondary N) is 1. The summed E-state index contributed by atoms with van der Waals surface area (Å²) in [6, 6.07) is 18.4. The number of hydrazone groups is 1. The number of benzene rings is 3. The smallest absolute Gasteiger partial charge is 0.163 e. The highest BCUT2D eigenvalue weighted by atomic mass is 35.5. The molecule has 1 N–H and O–H groups in total. The van der Waals surface area contributed by atoms with E-state index in [0.29, 0.717) is 38.8 Å². The van der Waals surface area contributed by atoms with Crippen molar-refractivity contribution in [3.8, 4) is 22.9 Å². The molecule has 0 saturated heterocycles. The Bertz CT molecular complexity index is 1280. The minimum Gasteiger partial charge on any atom is -0.493 e. The standard InChI is InChI=1S/C23H18Cl2N4O2/c1-30-20-10-7-14(11-21(20)31-2)13-26-29-23-17-5-3-4-6-19(17)27-22(28-23)16-9-8-15(24)12-18(16)25/h3-13H,1-2H3,(H,27,28,29)/b26-13+. The predicted molar refractivity (Wildman–Crippen MR) is 126 cm³/mol. The summed E-state index contributed by atoms with van der Waals surface area (Å²) < 4.78 is 10.6. The topological polar surface area (TPSA) is 68.6 Å². The number of fused-ring (bicyclic) bond motifs is 1. The number of halogens is 2. The fourth-order valence-electron chi connectivity index (χ4n) is 3.05. The summed E-state index contributed by atoms with van der Waals surface area (Å²) in [7, 11) is 3.19. The summed E-state index contributed by atoms with van der Waals surface area (Å²) in [6.45, 7) is 0. The van der Waals surface area contributed by atoms with Gasteiger partial charge in [-0.25, -0.2) is 9.97 Å². The molecule has 0 bridgehead atoms. The molecular formula is C23H18Cl2N4O2. The highest BCUT2D eigenvalue weighted by molar-refractivity contribution is 6.36. The number of hydrogen-bond acceptors (Lipinski definition) is 6. The molecule has 0 unspecified atom stereocenters. The molecule has 31 heavy (non-hydrogen) atoms. The Morgan fingerprint density at radius 2 is 1.71 bits per heavy atom. The van der Waals surface area contributed by atoms with Crippen LogP contribution in [0.2, 0.25) is 10.0 Å². The van der Waals surface area contributed by atoms with Gasteiger partial charge in [-0.15, -0.1) is 0 Å². The third kappa shape index (κ3) is 4.55. The lowest BCUT2D eigenvalue weighted by molar-refractivity contribution is 0.355. The zero-order chi connectivity index (χ0) is 21.8. The fraction of sp³-hybridized carbons (Fsp3) is 0.0870. The number of para-hydroxylation sites is 1. The Kier molecular flexibility index (Phi) is 6.21. The number of rotatable bonds is 6. The number of nitrogens with zero attached hydrogens (tertiary/aromatic N) is 3. The molecule has 156 valence electrons. The number of methoxy groups -OCH3 is 2. The summed E-state index contributed by atoms with van der Waals surface area (Å²) in [5, 5.41) is 6.21. The van der Waals surface area contributed by atoms with Crippen LogP contribution in [0.25, 0.3) is 22.3 Å². The normalized spacial score (nSPS) is 11.1. The van der Waals surface area contributed by atoms with E-state index >= 15 is 0 Å². The van der Waals surface area contributed by atoms with Gasteiger partial charge in [0.25, 0.3) is 0 Å². The Hall–Kier alpha value is -3.35. The molecule has 4 rings (SSSR count). The van der Waals surface area contributed by atoms with Crippen molar-refractivity contribution in [1.29, 1.82) is 0 Å². The van der Waals surface area contributed by atoms with Gasteiger partial charge in [-0.2, -0.15) is 5.10 Å². The van der Waals surface area contributed by atoms with Gasteiger partial charge in [0.15, 0.2) is 23.1 Å². The number of hydrogen-bond donors (Lipinski definition) is 1. The quantitative estimate of drug-likeness (QED) is 0.284. The van der Waals surface area contributed by atoms with Crippen molar-refractivity contribution < 1.29 is 9.47 Å². The van der Waals surface area contributed by atoms with Crippen LogP contribution in [0.5, 0.6) is 11.5 Å². The molecule has 0 atom stereocenters. The van der Waals surface area contributed by atoms with E-state index in [1.54, 1.807) is 38.6 Å². The number of anilines is 1. The van der Waals surface area contributed by atoms with Gasteiger partial charge in [-0.05, 0) is 54.1 Å². The molecule has 4 aromatic rings. The van der Waals surface area contributed by atoms with Crippen molar-refractivity contribution >= 4 is 46.1 Å². The summed E-state index contributed by atoms with van der Waals surface area (Å²) in [4.78, 5) is 9.29. The maximum atomic E-state index is 6.37. The molecule has 6 nitrogen and oxygen atoms in total. The second-order valence-electron chi connectivity index (χ2n) is 6.52. The molecule has 3 aromatic carbocycles. The SMILES string of the molecule is COc1ccc(/C=N/Nc2nc(-c3ccc(Cl)cc3Cl)nc3ccccc23)cc1OC. The van der Waals surface area contributed by atoms with Crippen molar-refractivity contribution in [2.24, 2.45) is 5.10 Å². The lowest BCUT2D eigenvalue weighted by Gasteiger charge is -2.10. The van der Waals surface area contributed by atoms with Gasteiger partial charge in [0.2, 0.25) is 0 Å². The fourth-order valence-corrected chi connectivity index (χ4v) is 3.55. The Balaban J connectivity index is 1.69. The van der Waals surface area contributed by atoms with E-state index in [4.69, 9.17) is 32.7 Å². The monoisotopic (exact) mass is 452 g/mol. The van der Waals surface area contributed by atoms with Gasteiger partial charge in [0.05, 0.1) is 31.0 Å². The van der Waals surface area contributed by atoms with E-state index in [1.165, 1.54) is 0 Å². The Morgan fingerprint density at radius 3 is 2.48 bits per heavy atom. The van der Waals surface area contributed by atoms with Gasteiger partial charge in [0, 0.05) is 16.0 Å². The first-order valence-corrected chi connectivity index (χ1v) is 10.1. The molecule has 1 aromatic heterocycles. The van der Waals surface area contributed by atoms with E-state index < -0.39 is 0 Å². The van der Waals surface area contributed by atoms with Crippen LogP contribution in [0.1, 0.15) is 5.56 Å². The van der Waals surface area contributed by atoms with Crippen LogP contribution in [-0.4, -0.2) is 30.4 Å². The largest absolute Gasteiger partial charge is 0.493 e. The van der Waals surface area contributed by atoms with Gasteiger partial charge in [-0.3, -0.25) is 5.43 Å². The Morgan fingerprint density at radius 1 is 0.903 bits per heavy atom. The van der Waals surface area contributed by atoms with Crippen LogP contribution >= 0.6 is 23.2 Å². The maximum absolute atomic E-state index is 6.37. The zero-order valence-electron chi connectivity index (χ0n) is 16.8. The molecule has 0 radical (unpaired) electrons. The second kappa shape index (κ2) is 9.20. The maximum Gasteiger partial charge on any atom is 0.163 e. The van der Waals surface area contributed by atoms with Gasteiger partial charge >= 0.3 is 0 Å². The molecule has 0 aliphatic carbocycles. The third-order valence-corrected chi connectivity index (χ3v) is 5.11. The van der Waals surface area contributed by atoms with E-state index in [9.17, 15) is 0 Å². The first kappa shape index (κ1) is 20.9. The highest BCUT2D eigenvalue weighted by Crippen LogP contribution is 2.31. The van der Waals surface area contributed by atoms with Gasteiger partial charge < -0.3 is 9.47 Å². The average molecular weight is 453 g/mol. The first-order valence-electron chi connectivity index (χ1n) is 9.32. The van der Waals surface area contributed by atoms with Crippen molar-refractivity contribution in [2.45, 2.75) is 0 Å². The summed E-state index contributed by atoms with van der Waals surface area (Å²) >= 11 is 12.4. The van der Waals surface area contributed by atoms with Crippen molar-refractivity contribution in [3.63, 3.8) is 0 Å². The molecule has 0 spiro atoms. The molecular weight excluding hydrogens is 435 g/mol. The average Bonchev–Trinajstić information content (AvgIpc) is 2.78. The van der Waals surface area contributed by atoms with Crippen LogP contribution in [-0.2, 0) is 0 Å². The molecule has 0 amide bonds. The minimum absolute atomic E-state index is 0.475. The van der Waals surface area contributed by atoms with Gasteiger partial charge in [0.1, 0.15) is 0 Å². The van der Waals surface area contributed by atoms with Crippen molar-refractivity contribution in [1.82, 2.24) is 9.97 Å². The molecule has 8 heteroatoms. The molecule has 0 saturated carbocycles. The number of ether oxygens (including phenoxy) is 2. The van der Waals surface area contributed by atoms with E-state index in [-0.39, 0.29) is 0 Å². The van der Waals surface area contributed by atoms with Crippen LogP contribution in [0, 0.1) is 0 Å². The van der Waals surface area contributed by atoms with Crippen molar-refractivity contribution in [2.75, 3.05) is 19.6 Å². The molecule has 1 heterocycles. The van der Waals surface area contributed by atoms with Crippen molar-refractivity contribution in [3.05, 3.63) is 76.3 Å². The summed E-state index contributed by atoms with van der Waals surface area (Å²) in [5.41, 5.74) is 5.31. The summed E-state index contributed by atoms with van der Waals surface area (Å²) in [6.07, 6.45) is 1.67. The first-order chi connectivity index (χ1) is 15.1. The number of aromatic nitrogens is 2. The summed E-state index contributed by atoms with van der Waals surface area (Å²) in [5.74, 6) is 2.31. The van der Waals surface area contributed by atoms with E-state index in [1.807, 2.05) is 42.5 Å². The van der Waals surface area contributed by atoms with Gasteiger partial charge in [-0.1, -0.05) is 35.3 Å². The zero-order valence-corrected chi connectivity index (χ0v) is 18.3. The van der Waals surface area contributed by atoms with E-state index in [2.05, 4.69) is 20.5 Å². The van der Waals surface area contributed by atoms with Crippen LogP contribution in [0.15, 0.2) is 65.8 Å². The van der Waals surface area contributed by atoms with Crippen LogP contribution in [0.3, 0.4) is 0 Å². The third-order valence-electron chi connectivity index (χ3n) is 4.57. The second-order valence-corrected chi connectivity index (χ2v) is 7.37. The highest BCUT2D eigenvalue weighted by Gasteiger charge is 2.12. The predicted octanol–water partition coefficient (Wildman–Crippen LogP) is 6.07.